The molecule has 2 unspecified atom stereocenters. The molecule has 0 aliphatic carbocycles. The van der Waals surface area contributed by atoms with E-state index in [9.17, 15) is 0 Å². The number of rotatable bonds is 6. The number of benzene rings is 1. The molecule has 0 saturated carbocycles. The standard InChI is InChI=1S/C16H21BrN2S/c1-12(15-9-10-16(17)20-15)18-11-14(19(2)3)13-7-5-4-6-8-13/h4-10,12,14,18H,11H2,1-3H3. The predicted molar refractivity (Wildman–Crippen MR) is 91.3 cm³/mol. The Morgan fingerprint density at radius 3 is 2.40 bits per heavy atom. The van der Waals surface area contributed by atoms with Gasteiger partial charge in [0.2, 0.25) is 0 Å². The molecule has 20 heavy (non-hydrogen) atoms. The third-order valence-electron chi connectivity index (χ3n) is 3.45. The third kappa shape index (κ3) is 4.16. The van der Waals surface area contributed by atoms with Gasteiger partial charge < -0.3 is 10.2 Å². The second-order valence-corrected chi connectivity index (χ2v) is 7.66. The predicted octanol–water partition coefficient (Wildman–Crippen LogP) is 4.46. The summed E-state index contributed by atoms with van der Waals surface area (Å²) >= 11 is 5.32. The van der Waals surface area contributed by atoms with Gasteiger partial charge in [-0.05, 0) is 54.6 Å². The second kappa shape index (κ2) is 7.36. The van der Waals surface area contributed by atoms with Gasteiger partial charge in [0, 0.05) is 23.5 Å². The number of hydrogen-bond acceptors (Lipinski definition) is 3. The normalized spacial score (nSPS) is 14.4. The highest BCUT2D eigenvalue weighted by molar-refractivity contribution is 9.11. The molecule has 0 bridgehead atoms. The van der Waals surface area contributed by atoms with Crippen LogP contribution in [0.25, 0.3) is 0 Å². The fraction of sp³-hybridized carbons (Fsp3) is 0.375. The molecule has 0 spiro atoms. The average molecular weight is 353 g/mol. The van der Waals surface area contributed by atoms with E-state index in [4.69, 9.17) is 0 Å². The van der Waals surface area contributed by atoms with Crippen molar-refractivity contribution in [1.82, 2.24) is 10.2 Å². The maximum absolute atomic E-state index is 3.64. The van der Waals surface area contributed by atoms with Crippen molar-refractivity contribution in [3.8, 4) is 0 Å². The first-order valence-corrected chi connectivity index (χ1v) is 8.39. The first kappa shape index (κ1) is 15.7. The van der Waals surface area contributed by atoms with Crippen LogP contribution in [0, 0.1) is 0 Å². The summed E-state index contributed by atoms with van der Waals surface area (Å²) in [5, 5.41) is 3.64. The Morgan fingerprint density at radius 1 is 1.15 bits per heavy atom. The van der Waals surface area contributed by atoms with E-state index < -0.39 is 0 Å². The maximum Gasteiger partial charge on any atom is 0.0701 e. The topological polar surface area (TPSA) is 15.3 Å². The molecule has 0 amide bonds. The van der Waals surface area contributed by atoms with E-state index in [1.165, 1.54) is 14.2 Å². The zero-order valence-corrected chi connectivity index (χ0v) is 14.5. The molecule has 0 fully saturated rings. The Hall–Kier alpha value is -0.680. The molecule has 2 atom stereocenters. The van der Waals surface area contributed by atoms with Gasteiger partial charge in [0.15, 0.2) is 0 Å². The van der Waals surface area contributed by atoms with Gasteiger partial charge in [-0.2, -0.15) is 0 Å². The van der Waals surface area contributed by atoms with E-state index in [1.54, 1.807) is 11.3 Å². The Morgan fingerprint density at radius 2 is 1.85 bits per heavy atom. The van der Waals surface area contributed by atoms with Crippen LogP contribution in [0.1, 0.15) is 29.4 Å². The van der Waals surface area contributed by atoms with E-state index in [2.05, 4.69) is 89.6 Å². The van der Waals surface area contributed by atoms with Gasteiger partial charge in [0.25, 0.3) is 0 Å². The minimum absolute atomic E-state index is 0.373. The molecular formula is C16H21BrN2S. The van der Waals surface area contributed by atoms with Gasteiger partial charge in [0.1, 0.15) is 0 Å². The van der Waals surface area contributed by atoms with Crippen molar-refractivity contribution in [3.63, 3.8) is 0 Å². The molecule has 1 aromatic heterocycles. The van der Waals surface area contributed by atoms with Crippen molar-refractivity contribution in [2.45, 2.75) is 19.0 Å². The summed E-state index contributed by atoms with van der Waals surface area (Å²) in [5.74, 6) is 0. The third-order valence-corrected chi connectivity index (χ3v) is 5.25. The SMILES string of the molecule is CC(NCC(c1ccccc1)N(C)C)c1ccc(Br)s1. The van der Waals surface area contributed by atoms with Gasteiger partial charge >= 0.3 is 0 Å². The number of hydrogen-bond donors (Lipinski definition) is 1. The van der Waals surface area contributed by atoms with Gasteiger partial charge in [-0.25, -0.2) is 0 Å². The number of nitrogens with zero attached hydrogens (tertiary/aromatic N) is 1. The summed E-state index contributed by atoms with van der Waals surface area (Å²) in [5.41, 5.74) is 1.35. The first-order chi connectivity index (χ1) is 9.58. The van der Waals surface area contributed by atoms with Crippen LogP contribution in [0.5, 0.6) is 0 Å². The van der Waals surface area contributed by atoms with Crippen LogP contribution in [0.3, 0.4) is 0 Å². The van der Waals surface area contributed by atoms with E-state index in [0.29, 0.717) is 12.1 Å². The lowest BCUT2D eigenvalue weighted by Gasteiger charge is -2.26. The Bertz CT molecular complexity index is 524. The van der Waals surface area contributed by atoms with Crippen LogP contribution in [0.4, 0.5) is 0 Å². The van der Waals surface area contributed by atoms with E-state index in [1.807, 2.05) is 0 Å². The van der Waals surface area contributed by atoms with Crippen LogP contribution in [-0.2, 0) is 0 Å². The smallest absolute Gasteiger partial charge is 0.0701 e. The molecule has 2 aromatic rings. The maximum atomic E-state index is 3.64. The quantitative estimate of drug-likeness (QED) is 0.825. The average Bonchev–Trinajstić information content (AvgIpc) is 2.86. The summed E-state index contributed by atoms with van der Waals surface area (Å²) in [4.78, 5) is 3.63. The monoisotopic (exact) mass is 352 g/mol. The fourth-order valence-electron chi connectivity index (χ4n) is 2.22. The number of thiophene rings is 1. The number of nitrogens with one attached hydrogen (secondary N) is 1. The molecule has 0 aliphatic heterocycles. The second-order valence-electron chi connectivity index (χ2n) is 5.16. The van der Waals surface area contributed by atoms with Crippen molar-refractivity contribution in [3.05, 3.63) is 56.7 Å². The molecule has 4 heteroatoms. The molecule has 1 heterocycles. The molecule has 1 aromatic carbocycles. The van der Waals surface area contributed by atoms with Crippen molar-refractivity contribution < 1.29 is 0 Å². The van der Waals surface area contributed by atoms with Crippen molar-refractivity contribution in [1.29, 1.82) is 0 Å². The molecule has 0 saturated heterocycles. The molecule has 0 radical (unpaired) electrons. The van der Waals surface area contributed by atoms with Crippen LogP contribution >= 0.6 is 27.3 Å². The summed E-state index contributed by atoms with van der Waals surface area (Å²) in [6.07, 6.45) is 0. The van der Waals surface area contributed by atoms with E-state index in [0.717, 1.165) is 6.54 Å². The van der Waals surface area contributed by atoms with Crippen LogP contribution < -0.4 is 5.32 Å². The van der Waals surface area contributed by atoms with Crippen LogP contribution in [0.15, 0.2) is 46.3 Å². The number of halogens is 1. The molecular weight excluding hydrogens is 332 g/mol. The van der Waals surface area contributed by atoms with Crippen molar-refractivity contribution >= 4 is 27.3 Å². The summed E-state index contributed by atoms with van der Waals surface area (Å²) < 4.78 is 1.19. The van der Waals surface area contributed by atoms with Gasteiger partial charge in [-0.3, -0.25) is 0 Å². The zero-order chi connectivity index (χ0) is 14.5. The van der Waals surface area contributed by atoms with E-state index >= 15 is 0 Å². The van der Waals surface area contributed by atoms with Gasteiger partial charge in [-0.1, -0.05) is 30.3 Å². The van der Waals surface area contributed by atoms with Crippen LogP contribution in [-0.4, -0.2) is 25.5 Å². The largest absolute Gasteiger partial charge is 0.308 e. The van der Waals surface area contributed by atoms with Crippen molar-refractivity contribution in [2.75, 3.05) is 20.6 Å². The molecule has 2 rings (SSSR count). The zero-order valence-electron chi connectivity index (χ0n) is 12.1. The minimum Gasteiger partial charge on any atom is -0.308 e. The highest BCUT2D eigenvalue weighted by Gasteiger charge is 2.15. The lowest BCUT2D eigenvalue weighted by Crippen LogP contribution is -2.32. The minimum atomic E-state index is 0.373. The van der Waals surface area contributed by atoms with Crippen molar-refractivity contribution in [2.24, 2.45) is 0 Å². The summed E-state index contributed by atoms with van der Waals surface area (Å²) in [6, 6.07) is 15.7. The number of likely N-dealkylation sites (N-methyl/N-ethyl adjacent to an activating group) is 1. The first-order valence-electron chi connectivity index (χ1n) is 6.78. The Balaban J connectivity index is 1.99. The van der Waals surface area contributed by atoms with Crippen LogP contribution in [0.2, 0.25) is 0 Å². The van der Waals surface area contributed by atoms with Gasteiger partial charge in [-0.15, -0.1) is 11.3 Å². The highest BCUT2D eigenvalue weighted by atomic mass is 79.9. The van der Waals surface area contributed by atoms with E-state index in [-0.39, 0.29) is 0 Å². The molecule has 2 nitrogen and oxygen atoms in total. The molecule has 0 aliphatic rings. The summed E-state index contributed by atoms with van der Waals surface area (Å²) in [6.45, 7) is 3.16. The highest BCUT2D eigenvalue weighted by Crippen LogP contribution is 2.27. The Labute approximate surface area is 133 Å². The molecule has 1 N–H and O–H groups in total. The molecule has 108 valence electrons. The lowest BCUT2D eigenvalue weighted by molar-refractivity contribution is 0.282. The van der Waals surface area contributed by atoms with Gasteiger partial charge in [0.05, 0.1) is 3.79 Å². The summed E-state index contributed by atoms with van der Waals surface area (Å²) in [7, 11) is 4.26. The lowest BCUT2D eigenvalue weighted by atomic mass is 10.1. The Kier molecular flexibility index (Phi) is 5.78. The fourth-order valence-corrected chi connectivity index (χ4v) is 3.67.